The summed E-state index contributed by atoms with van der Waals surface area (Å²) in [5.74, 6) is -0.142. The number of aliphatic hydroxyl groups is 1. The van der Waals surface area contributed by atoms with Gasteiger partial charge >= 0.3 is 6.03 Å². The summed E-state index contributed by atoms with van der Waals surface area (Å²) in [6.07, 6.45) is -2.21. The van der Waals surface area contributed by atoms with Crippen LogP contribution < -0.4 is 21.7 Å². The number of fused-ring (bicyclic) bond motifs is 1. The van der Waals surface area contributed by atoms with E-state index in [0.29, 0.717) is 17.9 Å². The van der Waals surface area contributed by atoms with Crippen molar-refractivity contribution in [1.82, 2.24) is 30.2 Å². The van der Waals surface area contributed by atoms with Crippen LogP contribution in [0.5, 0.6) is 0 Å². The van der Waals surface area contributed by atoms with E-state index in [9.17, 15) is 14.7 Å². The van der Waals surface area contributed by atoms with Crippen molar-refractivity contribution in [1.29, 1.82) is 0 Å². The second kappa shape index (κ2) is 9.62. The third-order valence-corrected chi connectivity index (χ3v) is 5.94. The van der Waals surface area contributed by atoms with E-state index in [1.54, 1.807) is 0 Å². The number of benzene rings is 1. The average molecular weight is 587 g/mol. The number of hydrogen-bond donors (Lipinski definition) is 5. The van der Waals surface area contributed by atoms with Gasteiger partial charge in [0.25, 0.3) is 5.91 Å². The number of ether oxygens (including phenoxy) is 1. The van der Waals surface area contributed by atoms with E-state index in [1.807, 2.05) is 24.3 Å². The topological polar surface area (TPSA) is 169 Å². The zero-order valence-electron chi connectivity index (χ0n) is 17.2. The largest absolute Gasteiger partial charge is 0.386 e. The Morgan fingerprint density at radius 3 is 2.85 bits per heavy atom. The van der Waals surface area contributed by atoms with Gasteiger partial charge in [-0.25, -0.2) is 9.78 Å². The van der Waals surface area contributed by atoms with E-state index < -0.39 is 36.4 Å². The second-order valence-electron chi connectivity index (χ2n) is 7.24. The normalized spacial score (nSPS) is 22.3. The number of nitrogens with two attached hydrogens (primary N) is 1. The molecule has 0 spiro atoms. The van der Waals surface area contributed by atoms with Gasteiger partial charge in [0.1, 0.15) is 6.10 Å². The number of nitrogens with zero attached hydrogens (tertiary/aromatic N) is 4. The van der Waals surface area contributed by atoms with Crippen LogP contribution in [-0.4, -0.2) is 61.9 Å². The van der Waals surface area contributed by atoms with Gasteiger partial charge in [0.15, 0.2) is 29.3 Å². The Labute approximate surface area is 206 Å². The lowest BCUT2D eigenvalue weighted by Crippen LogP contribution is -2.53. The smallest absolute Gasteiger partial charge is 0.312 e. The quantitative estimate of drug-likeness (QED) is 0.208. The number of primary amides is 1. The average Bonchev–Trinajstić information content (AvgIpc) is 3.32. The van der Waals surface area contributed by atoms with Gasteiger partial charge in [0, 0.05) is 17.2 Å². The van der Waals surface area contributed by atoms with Crippen LogP contribution in [0.2, 0.25) is 5.28 Å². The highest BCUT2D eigenvalue weighted by Gasteiger charge is 2.49. The van der Waals surface area contributed by atoms with Crippen LogP contribution >= 0.6 is 34.2 Å². The van der Waals surface area contributed by atoms with Crippen LogP contribution in [-0.2, 0) is 16.1 Å². The molecule has 4 rings (SSSR count). The summed E-state index contributed by atoms with van der Waals surface area (Å²) in [4.78, 5) is 36.5. The lowest BCUT2D eigenvalue weighted by molar-refractivity contribution is -0.134. The van der Waals surface area contributed by atoms with E-state index >= 15 is 0 Å². The van der Waals surface area contributed by atoms with Crippen molar-refractivity contribution in [3.63, 3.8) is 0 Å². The molecular weight excluding hydrogens is 567 g/mol. The first-order chi connectivity index (χ1) is 15.8. The first-order valence-corrected chi connectivity index (χ1v) is 11.2. The monoisotopic (exact) mass is 586 g/mol. The number of carbonyl (C=O) groups is 2. The maximum Gasteiger partial charge on any atom is 0.312 e. The van der Waals surface area contributed by atoms with Crippen LogP contribution in [0, 0.1) is 3.57 Å². The van der Waals surface area contributed by atoms with E-state index in [4.69, 9.17) is 22.1 Å². The summed E-state index contributed by atoms with van der Waals surface area (Å²) in [7, 11) is 1.41. The fourth-order valence-corrected chi connectivity index (χ4v) is 4.40. The molecule has 14 heteroatoms. The summed E-state index contributed by atoms with van der Waals surface area (Å²) in [5, 5.41) is 18.8. The van der Waals surface area contributed by atoms with E-state index in [-0.39, 0.29) is 10.9 Å². The summed E-state index contributed by atoms with van der Waals surface area (Å²) in [6, 6.07) is 5.96. The predicted molar refractivity (Wildman–Crippen MR) is 127 cm³/mol. The van der Waals surface area contributed by atoms with Gasteiger partial charge in [0.05, 0.1) is 12.4 Å². The third kappa shape index (κ3) is 4.80. The van der Waals surface area contributed by atoms with E-state index in [1.165, 1.54) is 17.9 Å². The van der Waals surface area contributed by atoms with Gasteiger partial charge in [0.2, 0.25) is 5.28 Å². The number of likely N-dealkylation sites (N-methyl/N-ethyl adjacent to an activating group) is 1. The first-order valence-electron chi connectivity index (χ1n) is 9.78. The molecule has 1 fully saturated rings. The fraction of sp³-hybridized carbons (Fsp3) is 0.316. The molecule has 33 heavy (non-hydrogen) atoms. The molecule has 174 valence electrons. The molecule has 0 unspecified atom stereocenters. The molecule has 3 heterocycles. The molecule has 0 aliphatic carbocycles. The highest BCUT2D eigenvalue weighted by atomic mass is 127. The highest BCUT2D eigenvalue weighted by Crippen LogP contribution is 2.33. The summed E-state index contributed by atoms with van der Waals surface area (Å²) in [6.45, 7) is 0.470. The van der Waals surface area contributed by atoms with E-state index in [2.05, 4.69) is 53.5 Å². The molecule has 4 atom stereocenters. The zero-order chi connectivity index (χ0) is 23.7. The molecule has 1 aliphatic rings. The minimum Gasteiger partial charge on any atom is -0.386 e. The van der Waals surface area contributed by atoms with Crippen molar-refractivity contribution in [2.45, 2.75) is 31.0 Å². The molecule has 1 aliphatic heterocycles. The minimum atomic E-state index is -1.33. The van der Waals surface area contributed by atoms with Crippen LogP contribution in [0.4, 0.5) is 10.6 Å². The number of halogens is 2. The van der Waals surface area contributed by atoms with Crippen LogP contribution in [0.15, 0.2) is 30.6 Å². The number of imidazole rings is 1. The highest BCUT2D eigenvalue weighted by molar-refractivity contribution is 14.1. The Bertz CT molecular complexity index is 1210. The van der Waals surface area contributed by atoms with Crippen molar-refractivity contribution in [2.24, 2.45) is 5.73 Å². The minimum absolute atomic E-state index is 0.0449. The SMILES string of the molecule is CNC(=O)[C@H]1O[C@@H](n2cnc3c(NCc4cccc(I)c4)nc(Cl)nc32)[C@H](O)[C@@H]1NC(N)=O. The van der Waals surface area contributed by atoms with Crippen molar-refractivity contribution in [3.05, 3.63) is 45.0 Å². The van der Waals surface area contributed by atoms with Crippen LogP contribution in [0.3, 0.4) is 0 Å². The fourth-order valence-electron chi connectivity index (χ4n) is 3.63. The van der Waals surface area contributed by atoms with Crippen molar-refractivity contribution >= 4 is 63.1 Å². The Morgan fingerprint density at radius 1 is 1.36 bits per heavy atom. The summed E-state index contributed by atoms with van der Waals surface area (Å²) < 4.78 is 8.31. The molecular formula is C19H20ClIN8O4. The molecule has 2 aromatic heterocycles. The number of carbonyl (C=O) groups excluding carboxylic acids is 2. The Kier molecular flexibility index (Phi) is 6.83. The standard InChI is InChI=1S/C19H20ClIN8O4/c1-23-16(31)13-10(26-19(22)32)12(30)17(33-13)29-7-25-11-14(27-18(20)28-15(11)29)24-6-8-3-2-4-9(21)5-8/h2-5,7,10,12-13,17,30H,6H2,1H3,(H,23,31)(H3,22,26,32)(H,24,27,28)/t10-,12+,13-,17+/m0/s1. The summed E-state index contributed by atoms with van der Waals surface area (Å²) >= 11 is 8.39. The molecule has 0 radical (unpaired) electrons. The van der Waals surface area contributed by atoms with Gasteiger partial charge in [-0.1, -0.05) is 12.1 Å². The second-order valence-corrected chi connectivity index (χ2v) is 8.82. The maximum atomic E-state index is 12.3. The number of anilines is 1. The number of urea groups is 1. The number of amides is 3. The van der Waals surface area contributed by atoms with Crippen molar-refractivity contribution in [2.75, 3.05) is 12.4 Å². The van der Waals surface area contributed by atoms with Crippen molar-refractivity contribution < 1.29 is 19.4 Å². The number of nitrogens with one attached hydrogen (secondary N) is 3. The van der Waals surface area contributed by atoms with Gasteiger partial charge < -0.3 is 31.5 Å². The van der Waals surface area contributed by atoms with Crippen LogP contribution in [0.25, 0.3) is 11.2 Å². The molecule has 0 saturated carbocycles. The number of hydrogen-bond acceptors (Lipinski definition) is 8. The number of aliphatic hydroxyl groups excluding tert-OH is 1. The van der Waals surface area contributed by atoms with E-state index in [0.717, 1.165) is 9.13 Å². The van der Waals surface area contributed by atoms with Crippen molar-refractivity contribution in [3.8, 4) is 0 Å². The number of rotatable bonds is 6. The molecule has 3 amide bonds. The summed E-state index contributed by atoms with van der Waals surface area (Å²) in [5.41, 5.74) is 6.91. The molecule has 12 nitrogen and oxygen atoms in total. The molecule has 6 N–H and O–H groups in total. The molecule has 1 saturated heterocycles. The van der Waals surface area contributed by atoms with Gasteiger partial charge in [-0.2, -0.15) is 9.97 Å². The first kappa shape index (κ1) is 23.4. The van der Waals surface area contributed by atoms with Crippen LogP contribution in [0.1, 0.15) is 11.8 Å². The Hall–Kier alpha value is -2.75. The Balaban J connectivity index is 1.66. The maximum absolute atomic E-state index is 12.3. The predicted octanol–water partition coefficient (Wildman–Crippen LogP) is 0.738. The van der Waals surface area contributed by atoms with Gasteiger partial charge in [-0.05, 0) is 51.9 Å². The third-order valence-electron chi connectivity index (χ3n) is 5.10. The Morgan fingerprint density at radius 2 is 2.15 bits per heavy atom. The number of aromatic nitrogens is 4. The molecule has 0 bridgehead atoms. The lowest BCUT2D eigenvalue weighted by atomic mass is 10.1. The van der Waals surface area contributed by atoms with Gasteiger partial charge in [-0.15, -0.1) is 0 Å². The molecule has 3 aromatic rings. The molecule has 1 aromatic carbocycles. The zero-order valence-corrected chi connectivity index (χ0v) is 20.1. The van der Waals surface area contributed by atoms with Gasteiger partial charge in [-0.3, -0.25) is 9.36 Å². The lowest BCUT2D eigenvalue weighted by Gasteiger charge is -2.19.